The van der Waals surface area contributed by atoms with Gasteiger partial charge in [0, 0.05) is 17.5 Å². The Morgan fingerprint density at radius 1 is 1.05 bits per heavy atom. The summed E-state index contributed by atoms with van der Waals surface area (Å²) in [6.07, 6.45) is 7.12. The first-order chi connectivity index (χ1) is 10.6. The van der Waals surface area contributed by atoms with E-state index >= 15 is 0 Å². The van der Waals surface area contributed by atoms with Crippen molar-refractivity contribution in [1.82, 2.24) is 14.4 Å². The van der Waals surface area contributed by atoms with Gasteiger partial charge in [-0.2, -0.15) is 0 Å². The van der Waals surface area contributed by atoms with Crippen molar-refractivity contribution in [2.24, 2.45) is 0 Å². The van der Waals surface area contributed by atoms with E-state index in [-0.39, 0.29) is 0 Å². The van der Waals surface area contributed by atoms with Crippen LogP contribution in [-0.2, 0) is 12.8 Å². The van der Waals surface area contributed by atoms with Gasteiger partial charge >= 0.3 is 0 Å². The fourth-order valence-corrected chi connectivity index (χ4v) is 3.57. The van der Waals surface area contributed by atoms with Crippen molar-refractivity contribution < 1.29 is 0 Å². The molecular formula is C18H18BrN3. The van der Waals surface area contributed by atoms with E-state index in [4.69, 9.17) is 4.98 Å². The third-order valence-corrected chi connectivity index (χ3v) is 5.74. The maximum atomic E-state index is 4.73. The molecule has 1 aromatic carbocycles. The lowest BCUT2D eigenvalue weighted by atomic mass is 9.90. The molecule has 0 bridgehead atoms. The zero-order chi connectivity index (χ0) is 15.3. The van der Waals surface area contributed by atoms with E-state index in [1.165, 1.54) is 42.4 Å². The van der Waals surface area contributed by atoms with Gasteiger partial charge in [-0.3, -0.25) is 4.40 Å². The Bertz CT molecular complexity index is 880. The number of benzene rings is 1. The Hall–Kier alpha value is -1.68. The number of imidazole rings is 1. The maximum Gasteiger partial charge on any atom is 0.234 e. The molecule has 0 spiro atoms. The highest BCUT2D eigenvalue weighted by molar-refractivity contribution is 9.10. The molecule has 22 heavy (non-hydrogen) atoms. The molecule has 0 fully saturated rings. The maximum absolute atomic E-state index is 4.73. The fraction of sp³-hybridized carbons (Fsp3) is 0.333. The summed E-state index contributed by atoms with van der Waals surface area (Å²) >= 11 is 3.60. The molecule has 0 atom stereocenters. The average Bonchev–Trinajstić information content (AvgIpc) is 2.96. The Morgan fingerprint density at radius 3 is 2.64 bits per heavy atom. The summed E-state index contributed by atoms with van der Waals surface area (Å²) in [7, 11) is 0. The second-order valence-corrected chi connectivity index (χ2v) is 6.88. The summed E-state index contributed by atoms with van der Waals surface area (Å²) in [4.78, 5) is 9.30. The SMILES string of the molecule is Cc1nc2nc(-c3ccc4c(c3)CCCC4)cn2c(C)c1Br. The van der Waals surface area contributed by atoms with Crippen molar-refractivity contribution in [1.29, 1.82) is 0 Å². The van der Waals surface area contributed by atoms with Gasteiger partial charge in [0.15, 0.2) is 0 Å². The molecule has 0 saturated carbocycles. The van der Waals surface area contributed by atoms with Gasteiger partial charge < -0.3 is 0 Å². The quantitative estimate of drug-likeness (QED) is 0.635. The Balaban J connectivity index is 1.86. The molecule has 4 rings (SSSR count). The summed E-state index contributed by atoms with van der Waals surface area (Å²) in [5, 5.41) is 0. The molecule has 0 N–H and O–H groups in total. The molecule has 3 nitrogen and oxygen atoms in total. The highest BCUT2D eigenvalue weighted by atomic mass is 79.9. The standard InChI is InChI=1S/C18H18BrN3/c1-11-17(19)12(2)22-10-16(21-18(22)20-11)15-8-7-13-5-3-4-6-14(13)9-15/h7-10H,3-6H2,1-2H3. The van der Waals surface area contributed by atoms with Crippen molar-refractivity contribution in [3.63, 3.8) is 0 Å². The molecule has 0 radical (unpaired) electrons. The first-order valence-electron chi connectivity index (χ1n) is 7.77. The third kappa shape index (κ3) is 2.17. The predicted octanol–water partition coefficient (Wildman–Crippen LogP) is 4.65. The minimum atomic E-state index is 0.769. The number of hydrogen-bond donors (Lipinski definition) is 0. The fourth-order valence-electron chi connectivity index (χ4n) is 3.29. The Morgan fingerprint density at radius 2 is 1.82 bits per heavy atom. The molecule has 0 amide bonds. The zero-order valence-corrected chi connectivity index (χ0v) is 14.4. The highest BCUT2D eigenvalue weighted by Gasteiger charge is 2.14. The van der Waals surface area contributed by atoms with Gasteiger partial charge in [-0.15, -0.1) is 0 Å². The number of halogens is 1. The molecule has 3 aromatic rings. The Labute approximate surface area is 138 Å². The van der Waals surface area contributed by atoms with Crippen LogP contribution < -0.4 is 0 Å². The van der Waals surface area contributed by atoms with Crippen LogP contribution in [0.25, 0.3) is 17.0 Å². The number of aromatic nitrogens is 3. The van der Waals surface area contributed by atoms with Gasteiger partial charge in [0.25, 0.3) is 0 Å². The normalized spacial score (nSPS) is 14.3. The second-order valence-electron chi connectivity index (χ2n) is 6.08. The minimum Gasteiger partial charge on any atom is -0.287 e. The summed E-state index contributed by atoms with van der Waals surface area (Å²) in [6, 6.07) is 6.78. The van der Waals surface area contributed by atoms with Crippen molar-refractivity contribution in [3.05, 3.63) is 51.4 Å². The van der Waals surface area contributed by atoms with Crippen LogP contribution in [0.4, 0.5) is 0 Å². The average molecular weight is 356 g/mol. The van der Waals surface area contributed by atoms with Crippen LogP contribution in [0.15, 0.2) is 28.9 Å². The summed E-state index contributed by atoms with van der Waals surface area (Å²) in [5.74, 6) is 0.769. The Kier molecular flexibility index (Phi) is 3.30. The largest absolute Gasteiger partial charge is 0.287 e. The molecule has 1 aliphatic carbocycles. The molecule has 0 saturated heterocycles. The number of fused-ring (bicyclic) bond motifs is 2. The van der Waals surface area contributed by atoms with E-state index in [1.54, 1.807) is 0 Å². The summed E-state index contributed by atoms with van der Waals surface area (Å²) in [5.41, 5.74) is 7.31. The van der Waals surface area contributed by atoms with E-state index < -0.39 is 0 Å². The van der Waals surface area contributed by atoms with Crippen molar-refractivity contribution in [3.8, 4) is 11.3 Å². The summed E-state index contributed by atoms with van der Waals surface area (Å²) < 4.78 is 3.11. The van der Waals surface area contributed by atoms with Gasteiger partial charge in [0.2, 0.25) is 5.78 Å². The topological polar surface area (TPSA) is 30.2 Å². The van der Waals surface area contributed by atoms with Crippen LogP contribution in [0.2, 0.25) is 0 Å². The van der Waals surface area contributed by atoms with Crippen LogP contribution in [-0.4, -0.2) is 14.4 Å². The van der Waals surface area contributed by atoms with Crippen LogP contribution in [0.3, 0.4) is 0 Å². The van der Waals surface area contributed by atoms with E-state index in [0.29, 0.717) is 0 Å². The molecule has 112 valence electrons. The third-order valence-electron chi connectivity index (χ3n) is 4.60. The number of rotatable bonds is 1. The van der Waals surface area contributed by atoms with Gasteiger partial charge in [-0.1, -0.05) is 12.1 Å². The van der Waals surface area contributed by atoms with Gasteiger partial charge in [0.1, 0.15) is 0 Å². The predicted molar refractivity (Wildman–Crippen MR) is 92.2 cm³/mol. The van der Waals surface area contributed by atoms with Crippen LogP contribution in [0.1, 0.15) is 35.4 Å². The van der Waals surface area contributed by atoms with Gasteiger partial charge in [-0.25, -0.2) is 9.97 Å². The van der Waals surface area contributed by atoms with E-state index in [9.17, 15) is 0 Å². The number of hydrogen-bond acceptors (Lipinski definition) is 2. The monoisotopic (exact) mass is 355 g/mol. The van der Waals surface area contributed by atoms with E-state index in [2.05, 4.69) is 56.6 Å². The van der Waals surface area contributed by atoms with Crippen molar-refractivity contribution in [2.75, 3.05) is 0 Å². The first kappa shape index (κ1) is 13.9. The summed E-state index contributed by atoms with van der Waals surface area (Å²) in [6.45, 7) is 4.09. The number of aryl methyl sites for hydroxylation is 4. The molecular weight excluding hydrogens is 338 g/mol. The smallest absolute Gasteiger partial charge is 0.234 e. The lowest BCUT2D eigenvalue weighted by Gasteiger charge is -2.15. The van der Waals surface area contributed by atoms with E-state index in [0.717, 1.165) is 27.3 Å². The van der Waals surface area contributed by atoms with Gasteiger partial charge in [-0.05, 0) is 72.7 Å². The van der Waals surface area contributed by atoms with Crippen LogP contribution in [0, 0.1) is 13.8 Å². The highest BCUT2D eigenvalue weighted by Crippen LogP contribution is 2.28. The van der Waals surface area contributed by atoms with Crippen molar-refractivity contribution in [2.45, 2.75) is 39.5 Å². The minimum absolute atomic E-state index is 0.769. The lowest BCUT2D eigenvalue weighted by molar-refractivity contribution is 0.686. The lowest BCUT2D eigenvalue weighted by Crippen LogP contribution is -2.02. The van der Waals surface area contributed by atoms with Crippen molar-refractivity contribution >= 4 is 21.7 Å². The van der Waals surface area contributed by atoms with Gasteiger partial charge in [0.05, 0.1) is 15.9 Å². The molecule has 1 aliphatic rings. The van der Waals surface area contributed by atoms with E-state index in [1.807, 2.05) is 6.92 Å². The molecule has 4 heteroatoms. The molecule has 2 heterocycles. The zero-order valence-electron chi connectivity index (χ0n) is 12.9. The first-order valence-corrected chi connectivity index (χ1v) is 8.57. The second kappa shape index (κ2) is 5.20. The molecule has 0 aliphatic heterocycles. The molecule has 2 aromatic heterocycles. The number of nitrogens with zero attached hydrogens (tertiary/aromatic N) is 3. The molecule has 0 unspecified atom stereocenters. The van der Waals surface area contributed by atoms with Crippen LogP contribution in [0.5, 0.6) is 0 Å². The van der Waals surface area contributed by atoms with Crippen LogP contribution >= 0.6 is 15.9 Å².